The molecule has 0 saturated carbocycles. The second kappa shape index (κ2) is 5.65. The minimum absolute atomic E-state index is 0.283. The number of ether oxygens (including phenoxy) is 2. The van der Waals surface area contributed by atoms with Gasteiger partial charge in [0.2, 0.25) is 5.56 Å². The quantitative estimate of drug-likeness (QED) is 0.754. The van der Waals surface area contributed by atoms with Gasteiger partial charge >= 0.3 is 5.97 Å². The summed E-state index contributed by atoms with van der Waals surface area (Å²) in [6.07, 6.45) is 0. The van der Waals surface area contributed by atoms with E-state index >= 15 is 0 Å². The Kier molecular flexibility index (Phi) is 3.68. The lowest BCUT2D eigenvalue weighted by atomic mass is 10.1. The van der Waals surface area contributed by atoms with Gasteiger partial charge in [-0.3, -0.25) is 4.79 Å². The van der Waals surface area contributed by atoms with E-state index in [-0.39, 0.29) is 11.1 Å². The molecule has 0 bridgehead atoms. The normalized spacial score (nSPS) is 10.6. The molecule has 0 saturated heterocycles. The van der Waals surface area contributed by atoms with Crippen molar-refractivity contribution >= 4 is 27.5 Å². The monoisotopic (exact) mass is 315 g/mol. The summed E-state index contributed by atoms with van der Waals surface area (Å²) in [7, 11) is 2.91. The number of hydrogen-bond acceptors (Lipinski definition) is 5. The highest BCUT2D eigenvalue weighted by molar-refractivity contribution is 7.22. The van der Waals surface area contributed by atoms with E-state index < -0.39 is 5.97 Å². The number of carbonyl (C=O) groups excluding carboxylic acids is 1. The Morgan fingerprint density at radius 1 is 1.14 bits per heavy atom. The van der Waals surface area contributed by atoms with Gasteiger partial charge in [0.15, 0.2) is 0 Å². The van der Waals surface area contributed by atoms with Crippen LogP contribution in [0.1, 0.15) is 10.4 Å². The molecule has 0 aliphatic rings. The number of rotatable bonds is 3. The van der Waals surface area contributed by atoms with Crippen molar-refractivity contribution in [1.82, 2.24) is 4.98 Å². The molecule has 0 unspecified atom stereocenters. The Labute approximate surface area is 130 Å². The summed E-state index contributed by atoms with van der Waals surface area (Å²) in [6, 6.07) is 10.7. The third-order valence-corrected chi connectivity index (χ3v) is 4.51. The molecule has 3 aromatic rings. The van der Waals surface area contributed by atoms with Crippen LogP contribution in [0, 0.1) is 0 Å². The number of methoxy groups -OCH3 is 2. The highest BCUT2D eigenvalue weighted by Crippen LogP contribution is 2.34. The Bertz CT molecular complexity index is 893. The lowest BCUT2D eigenvalue weighted by Gasteiger charge is -2.00. The van der Waals surface area contributed by atoms with Gasteiger partial charge in [0, 0.05) is 10.9 Å². The van der Waals surface area contributed by atoms with E-state index in [2.05, 4.69) is 4.98 Å². The van der Waals surface area contributed by atoms with Gasteiger partial charge in [-0.15, -0.1) is 11.3 Å². The molecule has 0 fully saturated rings. The van der Waals surface area contributed by atoms with Gasteiger partial charge in [0.25, 0.3) is 0 Å². The van der Waals surface area contributed by atoms with E-state index in [9.17, 15) is 9.59 Å². The Morgan fingerprint density at radius 2 is 1.86 bits per heavy atom. The maximum atomic E-state index is 11.8. The number of hydrogen-bond donors (Lipinski definition) is 1. The molecular weight excluding hydrogens is 302 g/mol. The fraction of sp³-hybridized carbons (Fsp3) is 0.125. The van der Waals surface area contributed by atoms with Crippen molar-refractivity contribution in [3.8, 4) is 16.2 Å². The van der Waals surface area contributed by atoms with Crippen LogP contribution in [0.3, 0.4) is 0 Å². The van der Waals surface area contributed by atoms with Gasteiger partial charge in [-0.25, -0.2) is 4.79 Å². The molecule has 0 spiro atoms. The standard InChI is InChI=1S/C16H13NO4S/c1-20-10-5-3-9(4-6-10)13-8-12-15(22-13)11(16(19)21-2)7-14(18)17-12/h3-8H,1-2H3,(H,17,18). The first kappa shape index (κ1) is 14.3. The molecule has 2 aromatic heterocycles. The second-order valence-electron chi connectivity index (χ2n) is 4.62. The molecule has 22 heavy (non-hydrogen) atoms. The summed E-state index contributed by atoms with van der Waals surface area (Å²) in [6.45, 7) is 0. The number of benzene rings is 1. The van der Waals surface area contributed by atoms with E-state index in [1.165, 1.54) is 24.5 Å². The largest absolute Gasteiger partial charge is 0.497 e. The van der Waals surface area contributed by atoms with E-state index in [0.29, 0.717) is 10.2 Å². The van der Waals surface area contributed by atoms with Gasteiger partial charge in [0.05, 0.1) is 30.0 Å². The zero-order chi connectivity index (χ0) is 15.7. The number of pyridine rings is 1. The lowest BCUT2D eigenvalue weighted by Crippen LogP contribution is -2.10. The van der Waals surface area contributed by atoms with Crippen molar-refractivity contribution in [3.05, 3.63) is 52.3 Å². The molecule has 0 amide bonds. The molecule has 2 heterocycles. The van der Waals surface area contributed by atoms with Crippen molar-refractivity contribution < 1.29 is 14.3 Å². The number of esters is 1. The van der Waals surface area contributed by atoms with Crippen LogP contribution in [0.5, 0.6) is 5.75 Å². The fourth-order valence-electron chi connectivity index (χ4n) is 2.21. The van der Waals surface area contributed by atoms with Gasteiger partial charge < -0.3 is 14.5 Å². The van der Waals surface area contributed by atoms with Crippen LogP contribution in [0.15, 0.2) is 41.2 Å². The van der Waals surface area contributed by atoms with E-state index in [4.69, 9.17) is 9.47 Å². The SMILES string of the molecule is COC(=O)c1cc(=O)[nH]c2cc(-c3ccc(OC)cc3)sc12. The first-order valence-corrected chi connectivity index (χ1v) is 7.33. The molecule has 0 atom stereocenters. The molecule has 1 N–H and O–H groups in total. The predicted octanol–water partition coefficient (Wildman–Crippen LogP) is 3.05. The number of carbonyl (C=O) groups is 1. The summed E-state index contributed by atoms with van der Waals surface area (Å²) >= 11 is 1.43. The fourth-order valence-corrected chi connectivity index (χ4v) is 3.33. The van der Waals surface area contributed by atoms with Crippen LogP contribution in [0.4, 0.5) is 0 Å². The molecule has 112 valence electrons. The van der Waals surface area contributed by atoms with Crippen LogP contribution >= 0.6 is 11.3 Å². The van der Waals surface area contributed by atoms with Gasteiger partial charge in [-0.1, -0.05) is 0 Å². The van der Waals surface area contributed by atoms with Crippen LogP contribution in [0.25, 0.3) is 20.7 Å². The van der Waals surface area contributed by atoms with Crippen LogP contribution in [-0.4, -0.2) is 25.2 Å². The lowest BCUT2D eigenvalue weighted by molar-refractivity contribution is 0.0603. The number of H-pyrrole nitrogens is 1. The molecule has 0 aliphatic heterocycles. The number of fused-ring (bicyclic) bond motifs is 1. The average Bonchev–Trinajstić information content (AvgIpc) is 2.97. The first-order chi connectivity index (χ1) is 10.6. The summed E-state index contributed by atoms with van der Waals surface area (Å²) < 4.78 is 10.6. The summed E-state index contributed by atoms with van der Waals surface area (Å²) in [5.41, 5.74) is 1.57. The van der Waals surface area contributed by atoms with Crippen LogP contribution in [0.2, 0.25) is 0 Å². The minimum Gasteiger partial charge on any atom is -0.497 e. The summed E-state index contributed by atoms with van der Waals surface area (Å²) in [4.78, 5) is 27.2. The Morgan fingerprint density at radius 3 is 2.50 bits per heavy atom. The highest BCUT2D eigenvalue weighted by Gasteiger charge is 2.15. The number of thiophene rings is 1. The van der Waals surface area contributed by atoms with Crippen LogP contribution < -0.4 is 10.3 Å². The van der Waals surface area contributed by atoms with Gasteiger partial charge in [-0.2, -0.15) is 0 Å². The maximum absolute atomic E-state index is 11.8. The van der Waals surface area contributed by atoms with E-state index in [0.717, 1.165) is 16.2 Å². The topological polar surface area (TPSA) is 68.4 Å². The third kappa shape index (κ3) is 2.48. The Balaban J connectivity index is 2.16. The van der Waals surface area contributed by atoms with Gasteiger partial charge in [-0.05, 0) is 35.9 Å². The predicted molar refractivity (Wildman–Crippen MR) is 85.8 cm³/mol. The maximum Gasteiger partial charge on any atom is 0.339 e. The average molecular weight is 315 g/mol. The molecule has 1 aromatic carbocycles. The molecule has 5 nitrogen and oxygen atoms in total. The number of aromatic amines is 1. The smallest absolute Gasteiger partial charge is 0.339 e. The van der Waals surface area contributed by atoms with Crippen molar-refractivity contribution in [2.75, 3.05) is 14.2 Å². The van der Waals surface area contributed by atoms with Crippen molar-refractivity contribution in [2.45, 2.75) is 0 Å². The summed E-state index contributed by atoms with van der Waals surface area (Å²) in [5.74, 6) is 0.257. The third-order valence-electron chi connectivity index (χ3n) is 3.29. The van der Waals surface area contributed by atoms with Crippen molar-refractivity contribution in [3.63, 3.8) is 0 Å². The van der Waals surface area contributed by atoms with E-state index in [1.54, 1.807) is 7.11 Å². The molecule has 0 aliphatic carbocycles. The summed E-state index contributed by atoms with van der Waals surface area (Å²) in [5, 5.41) is 0. The van der Waals surface area contributed by atoms with Crippen molar-refractivity contribution in [2.24, 2.45) is 0 Å². The zero-order valence-electron chi connectivity index (χ0n) is 12.0. The molecule has 0 radical (unpaired) electrons. The number of nitrogens with one attached hydrogen (secondary N) is 1. The highest BCUT2D eigenvalue weighted by atomic mass is 32.1. The van der Waals surface area contributed by atoms with Gasteiger partial charge in [0.1, 0.15) is 5.75 Å². The van der Waals surface area contributed by atoms with E-state index in [1.807, 2.05) is 30.3 Å². The zero-order valence-corrected chi connectivity index (χ0v) is 12.8. The second-order valence-corrected chi connectivity index (χ2v) is 5.67. The van der Waals surface area contributed by atoms with Crippen molar-refractivity contribution in [1.29, 1.82) is 0 Å². The first-order valence-electron chi connectivity index (χ1n) is 6.52. The van der Waals surface area contributed by atoms with Crippen LogP contribution in [-0.2, 0) is 4.74 Å². The molecule has 6 heteroatoms. The molecular formula is C16H13NO4S. The Hall–Kier alpha value is -2.60. The molecule has 3 rings (SSSR count). The minimum atomic E-state index is -0.515. The number of aromatic nitrogens is 1.